The number of carbonyl (C=O) groups excluding carboxylic acids is 1. The van der Waals surface area contributed by atoms with Crippen LogP contribution in [0.3, 0.4) is 0 Å². The number of nitrogens with zero attached hydrogens (tertiary/aromatic N) is 3. The Morgan fingerprint density at radius 1 is 1.04 bits per heavy atom. The highest BCUT2D eigenvalue weighted by Crippen LogP contribution is 2.20. The molecule has 2 heterocycles. The van der Waals surface area contributed by atoms with E-state index in [0.29, 0.717) is 18.0 Å². The summed E-state index contributed by atoms with van der Waals surface area (Å²) in [7, 11) is 0. The predicted octanol–water partition coefficient (Wildman–Crippen LogP) is 3.84. The maximum atomic E-state index is 12.4. The topological polar surface area (TPSA) is 73.0 Å². The van der Waals surface area contributed by atoms with Crippen LogP contribution in [0.15, 0.2) is 83.6 Å². The Balaban J connectivity index is 1.47. The van der Waals surface area contributed by atoms with Crippen molar-refractivity contribution in [3.63, 3.8) is 0 Å². The van der Waals surface area contributed by atoms with Gasteiger partial charge in [-0.1, -0.05) is 47.6 Å². The van der Waals surface area contributed by atoms with Crippen molar-refractivity contribution in [3.05, 3.63) is 90.4 Å². The number of hydrogen-bond acceptors (Lipinski definition) is 4. The number of rotatable bonds is 5. The van der Waals surface area contributed by atoms with E-state index in [-0.39, 0.29) is 11.6 Å². The number of anilines is 1. The monoisotopic (exact) mass is 344 g/mol. The second kappa shape index (κ2) is 7.06. The Kier molecular flexibility index (Phi) is 4.30. The maximum Gasteiger partial charge on any atom is 0.277 e. The molecule has 0 aliphatic carbocycles. The lowest BCUT2D eigenvalue weighted by Crippen LogP contribution is -2.12. The fourth-order valence-corrected chi connectivity index (χ4v) is 2.64. The summed E-state index contributed by atoms with van der Waals surface area (Å²) in [6, 6.07) is 20.7. The number of amides is 1. The molecular weight excluding hydrogens is 328 g/mol. The molecule has 0 atom stereocenters. The molecule has 0 bridgehead atoms. The van der Waals surface area contributed by atoms with E-state index < -0.39 is 0 Å². The largest absolute Gasteiger partial charge is 0.355 e. The summed E-state index contributed by atoms with van der Waals surface area (Å²) in [5.74, 6) is 0.246. The minimum Gasteiger partial charge on any atom is -0.355 e. The zero-order valence-corrected chi connectivity index (χ0v) is 13.9. The van der Waals surface area contributed by atoms with Crippen molar-refractivity contribution in [1.29, 1.82) is 0 Å². The fraction of sp³-hybridized carbons (Fsp3) is 0.0500. The molecule has 4 aromatic rings. The van der Waals surface area contributed by atoms with Crippen LogP contribution in [0.1, 0.15) is 16.1 Å². The van der Waals surface area contributed by atoms with Crippen molar-refractivity contribution in [2.45, 2.75) is 6.54 Å². The van der Waals surface area contributed by atoms with Gasteiger partial charge in [0.05, 0.1) is 6.54 Å². The Morgan fingerprint density at radius 2 is 1.92 bits per heavy atom. The van der Waals surface area contributed by atoms with Gasteiger partial charge < -0.3 is 9.84 Å². The molecule has 0 radical (unpaired) electrons. The van der Waals surface area contributed by atoms with E-state index in [1.165, 1.54) is 0 Å². The Bertz CT molecular complexity index is 1010. The molecule has 0 spiro atoms. The zero-order chi connectivity index (χ0) is 17.8. The molecule has 26 heavy (non-hydrogen) atoms. The van der Waals surface area contributed by atoms with Crippen LogP contribution in [-0.4, -0.2) is 20.8 Å². The minimum atomic E-state index is -0.313. The van der Waals surface area contributed by atoms with Gasteiger partial charge in [-0.25, -0.2) is 0 Å². The highest BCUT2D eigenvalue weighted by atomic mass is 16.5. The van der Waals surface area contributed by atoms with Crippen molar-refractivity contribution < 1.29 is 9.32 Å². The smallest absolute Gasteiger partial charge is 0.277 e. The molecule has 0 aliphatic heterocycles. The first-order valence-corrected chi connectivity index (χ1v) is 8.18. The Hall–Kier alpha value is -3.67. The van der Waals surface area contributed by atoms with E-state index in [1.54, 1.807) is 12.3 Å². The molecule has 2 aromatic heterocycles. The van der Waals surface area contributed by atoms with Gasteiger partial charge in [-0.15, -0.1) is 0 Å². The lowest BCUT2D eigenvalue weighted by atomic mass is 10.1. The van der Waals surface area contributed by atoms with Gasteiger partial charge in [-0.3, -0.25) is 9.48 Å². The number of hydrogen-bond donors (Lipinski definition) is 1. The van der Waals surface area contributed by atoms with Crippen molar-refractivity contribution >= 4 is 11.6 Å². The number of aromatic nitrogens is 3. The van der Waals surface area contributed by atoms with Gasteiger partial charge in [-0.05, 0) is 23.8 Å². The van der Waals surface area contributed by atoms with Crippen LogP contribution in [0.2, 0.25) is 0 Å². The van der Waals surface area contributed by atoms with Crippen LogP contribution in [0.25, 0.3) is 11.3 Å². The molecule has 0 fully saturated rings. The molecule has 2 aromatic carbocycles. The van der Waals surface area contributed by atoms with Gasteiger partial charge in [0.25, 0.3) is 5.91 Å². The van der Waals surface area contributed by atoms with E-state index in [0.717, 1.165) is 11.1 Å². The third-order valence-electron chi connectivity index (χ3n) is 3.89. The summed E-state index contributed by atoms with van der Waals surface area (Å²) in [6.45, 7) is 0.638. The van der Waals surface area contributed by atoms with Gasteiger partial charge in [0.1, 0.15) is 0 Å². The van der Waals surface area contributed by atoms with E-state index in [4.69, 9.17) is 4.52 Å². The van der Waals surface area contributed by atoms with Crippen LogP contribution in [0, 0.1) is 0 Å². The minimum absolute atomic E-state index is 0.237. The average molecular weight is 344 g/mol. The van der Waals surface area contributed by atoms with Crippen molar-refractivity contribution in [3.8, 4) is 11.3 Å². The lowest BCUT2D eigenvalue weighted by Gasteiger charge is -2.06. The molecule has 0 saturated carbocycles. The molecule has 1 amide bonds. The van der Waals surface area contributed by atoms with Crippen LogP contribution in [-0.2, 0) is 6.54 Å². The van der Waals surface area contributed by atoms with E-state index in [9.17, 15) is 4.79 Å². The second-order valence-corrected chi connectivity index (χ2v) is 5.80. The normalized spacial score (nSPS) is 10.6. The first-order valence-electron chi connectivity index (χ1n) is 8.18. The summed E-state index contributed by atoms with van der Waals surface area (Å²) in [4.78, 5) is 12.4. The van der Waals surface area contributed by atoms with Crippen LogP contribution < -0.4 is 5.32 Å². The molecule has 0 saturated heterocycles. The number of carbonyl (C=O) groups is 1. The molecule has 1 N–H and O–H groups in total. The Labute approximate surface area is 150 Å². The standard InChI is InChI=1S/C20H16N4O2/c25-20(18-13-19(26-23-18)16-7-2-1-3-8-16)22-17-9-4-6-15(12-17)14-24-11-5-10-21-24/h1-13H,14H2,(H,22,25). The van der Waals surface area contributed by atoms with Gasteiger partial charge in [-0.2, -0.15) is 5.10 Å². The molecule has 0 unspecified atom stereocenters. The van der Waals surface area contributed by atoms with Crippen molar-refractivity contribution in [2.75, 3.05) is 5.32 Å². The summed E-state index contributed by atoms with van der Waals surface area (Å²) < 4.78 is 7.11. The zero-order valence-electron chi connectivity index (χ0n) is 13.9. The number of benzene rings is 2. The van der Waals surface area contributed by atoms with E-state index >= 15 is 0 Å². The summed E-state index contributed by atoms with van der Waals surface area (Å²) in [6.07, 6.45) is 3.63. The first-order chi connectivity index (χ1) is 12.8. The summed E-state index contributed by atoms with van der Waals surface area (Å²) >= 11 is 0. The first kappa shape index (κ1) is 15.8. The highest BCUT2D eigenvalue weighted by Gasteiger charge is 2.14. The maximum absolute atomic E-state index is 12.4. The van der Waals surface area contributed by atoms with Gasteiger partial charge in [0.15, 0.2) is 11.5 Å². The lowest BCUT2D eigenvalue weighted by molar-refractivity contribution is 0.101. The second-order valence-electron chi connectivity index (χ2n) is 5.80. The average Bonchev–Trinajstić information content (AvgIpc) is 3.35. The molecule has 0 aliphatic rings. The fourth-order valence-electron chi connectivity index (χ4n) is 2.64. The molecule has 6 heteroatoms. The Morgan fingerprint density at radius 3 is 2.73 bits per heavy atom. The van der Waals surface area contributed by atoms with Crippen molar-refractivity contribution in [1.82, 2.24) is 14.9 Å². The highest BCUT2D eigenvalue weighted by molar-refractivity contribution is 6.03. The number of nitrogens with one attached hydrogen (secondary N) is 1. The quantitative estimate of drug-likeness (QED) is 0.597. The SMILES string of the molecule is O=C(Nc1cccc(Cn2cccn2)c1)c1cc(-c2ccccc2)on1. The van der Waals surface area contributed by atoms with Gasteiger partial charge in [0.2, 0.25) is 0 Å². The molecular formula is C20H16N4O2. The van der Waals surface area contributed by atoms with Gasteiger partial charge in [0, 0.05) is 29.7 Å². The van der Waals surface area contributed by atoms with Crippen molar-refractivity contribution in [2.24, 2.45) is 0 Å². The molecule has 6 nitrogen and oxygen atoms in total. The predicted molar refractivity (Wildman–Crippen MR) is 97.7 cm³/mol. The third-order valence-corrected chi connectivity index (χ3v) is 3.89. The van der Waals surface area contributed by atoms with E-state index in [2.05, 4.69) is 15.6 Å². The molecule has 128 valence electrons. The summed E-state index contributed by atoms with van der Waals surface area (Å²) in [5.41, 5.74) is 2.85. The van der Waals surface area contributed by atoms with Crippen LogP contribution >= 0.6 is 0 Å². The van der Waals surface area contributed by atoms with E-state index in [1.807, 2.05) is 71.5 Å². The molecule has 4 rings (SSSR count). The van der Waals surface area contributed by atoms with Gasteiger partial charge >= 0.3 is 0 Å². The van der Waals surface area contributed by atoms with Crippen LogP contribution in [0.4, 0.5) is 5.69 Å². The summed E-state index contributed by atoms with van der Waals surface area (Å²) in [5, 5.41) is 10.9. The van der Waals surface area contributed by atoms with Crippen LogP contribution in [0.5, 0.6) is 0 Å². The third kappa shape index (κ3) is 3.54.